The van der Waals surface area contributed by atoms with Gasteiger partial charge in [-0.2, -0.15) is 5.26 Å². The number of nitrogens with one attached hydrogen (secondary N) is 1. The van der Waals surface area contributed by atoms with E-state index in [1.165, 1.54) is 5.56 Å². The molecule has 1 aromatic heterocycles. The average molecular weight is 238 g/mol. The minimum Gasteiger partial charge on any atom is -0.328 e. The van der Waals surface area contributed by atoms with Crippen molar-refractivity contribution in [2.24, 2.45) is 0 Å². The van der Waals surface area contributed by atoms with Crippen molar-refractivity contribution in [2.45, 2.75) is 20.8 Å². The number of aromatic amines is 1. The summed E-state index contributed by atoms with van der Waals surface area (Å²) in [6.07, 6.45) is 1.58. The van der Waals surface area contributed by atoms with E-state index in [-0.39, 0.29) is 11.1 Å². The van der Waals surface area contributed by atoms with E-state index in [1.54, 1.807) is 12.3 Å². The zero-order valence-electron chi connectivity index (χ0n) is 10.7. The lowest BCUT2D eigenvalue weighted by molar-refractivity contribution is 1.21. The van der Waals surface area contributed by atoms with E-state index < -0.39 is 0 Å². The van der Waals surface area contributed by atoms with Crippen LogP contribution in [0, 0.1) is 32.1 Å². The molecule has 0 saturated carbocycles. The lowest BCUT2D eigenvalue weighted by atomic mass is 9.94. The van der Waals surface area contributed by atoms with Crippen LogP contribution in [0.5, 0.6) is 0 Å². The normalized spacial score (nSPS) is 10.1. The Hall–Kier alpha value is -2.34. The molecule has 0 aliphatic rings. The first kappa shape index (κ1) is 12.1. The molecule has 0 saturated heterocycles. The first-order valence-electron chi connectivity index (χ1n) is 5.74. The molecule has 0 aliphatic heterocycles. The van der Waals surface area contributed by atoms with Crippen LogP contribution >= 0.6 is 0 Å². The lowest BCUT2D eigenvalue weighted by Crippen LogP contribution is -2.10. The van der Waals surface area contributed by atoms with Crippen LogP contribution < -0.4 is 5.56 Å². The van der Waals surface area contributed by atoms with Crippen molar-refractivity contribution in [3.05, 3.63) is 57.0 Å². The van der Waals surface area contributed by atoms with Gasteiger partial charge >= 0.3 is 0 Å². The maximum atomic E-state index is 11.6. The van der Waals surface area contributed by atoms with Crippen molar-refractivity contribution in [1.29, 1.82) is 5.26 Å². The smallest absolute Gasteiger partial charge is 0.266 e. The first-order valence-corrected chi connectivity index (χ1v) is 5.74. The van der Waals surface area contributed by atoms with Crippen LogP contribution in [-0.2, 0) is 0 Å². The van der Waals surface area contributed by atoms with Crippen LogP contribution in [0.2, 0.25) is 0 Å². The van der Waals surface area contributed by atoms with Gasteiger partial charge in [-0.3, -0.25) is 4.79 Å². The Morgan fingerprint density at radius 2 is 1.72 bits per heavy atom. The van der Waals surface area contributed by atoms with Gasteiger partial charge in [0.2, 0.25) is 0 Å². The fourth-order valence-corrected chi connectivity index (χ4v) is 2.06. The van der Waals surface area contributed by atoms with Gasteiger partial charge < -0.3 is 4.98 Å². The highest BCUT2D eigenvalue weighted by Gasteiger charge is 2.11. The molecule has 0 aliphatic carbocycles. The van der Waals surface area contributed by atoms with E-state index in [1.807, 2.05) is 26.0 Å². The molecule has 0 fully saturated rings. The summed E-state index contributed by atoms with van der Waals surface area (Å²) in [6.45, 7) is 6.07. The number of nitriles is 1. The largest absolute Gasteiger partial charge is 0.328 e. The van der Waals surface area contributed by atoms with Gasteiger partial charge in [0.25, 0.3) is 5.56 Å². The van der Waals surface area contributed by atoms with Gasteiger partial charge in [0, 0.05) is 11.8 Å². The van der Waals surface area contributed by atoms with Gasteiger partial charge in [-0.25, -0.2) is 0 Å². The maximum absolute atomic E-state index is 11.6. The first-order chi connectivity index (χ1) is 8.54. The van der Waals surface area contributed by atoms with Crippen LogP contribution in [0.1, 0.15) is 22.3 Å². The van der Waals surface area contributed by atoms with Crippen molar-refractivity contribution >= 4 is 0 Å². The van der Waals surface area contributed by atoms with Crippen molar-refractivity contribution in [3.63, 3.8) is 0 Å². The molecular formula is C15H14N2O. The number of hydrogen-bond acceptors (Lipinski definition) is 2. The number of rotatable bonds is 1. The third-order valence-corrected chi connectivity index (χ3v) is 3.20. The predicted octanol–water partition coefficient (Wildman–Crippen LogP) is 2.84. The Morgan fingerprint density at radius 1 is 1.06 bits per heavy atom. The van der Waals surface area contributed by atoms with E-state index in [0.717, 1.165) is 16.7 Å². The molecule has 1 N–H and O–H groups in total. The predicted molar refractivity (Wildman–Crippen MR) is 71.4 cm³/mol. The lowest BCUT2D eigenvalue weighted by Gasteiger charge is -2.10. The molecule has 0 atom stereocenters. The molecule has 0 bridgehead atoms. The Kier molecular flexibility index (Phi) is 3.03. The van der Waals surface area contributed by atoms with Gasteiger partial charge in [-0.05, 0) is 49.1 Å². The second-order valence-electron chi connectivity index (χ2n) is 4.46. The molecule has 0 radical (unpaired) electrons. The Labute approximate surface area is 106 Å². The molecule has 1 heterocycles. The molecule has 18 heavy (non-hydrogen) atoms. The molecule has 0 amide bonds. The van der Waals surface area contributed by atoms with Crippen LogP contribution in [0.25, 0.3) is 11.1 Å². The summed E-state index contributed by atoms with van der Waals surface area (Å²) in [4.78, 5) is 14.2. The van der Waals surface area contributed by atoms with Crippen LogP contribution in [-0.4, -0.2) is 4.98 Å². The molecule has 0 unspecified atom stereocenters. The maximum Gasteiger partial charge on any atom is 0.266 e. The highest BCUT2D eigenvalue weighted by Crippen LogP contribution is 2.27. The van der Waals surface area contributed by atoms with Gasteiger partial charge in [-0.1, -0.05) is 12.1 Å². The average Bonchev–Trinajstić information content (AvgIpc) is 2.33. The van der Waals surface area contributed by atoms with Gasteiger partial charge in [0.1, 0.15) is 11.6 Å². The van der Waals surface area contributed by atoms with E-state index in [0.29, 0.717) is 5.56 Å². The fraction of sp³-hybridized carbons (Fsp3) is 0.200. The summed E-state index contributed by atoms with van der Waals surface area (Å²) < 4.78 is 0. The fourth-order valence-electron chi connectivity index (χ4n) is 2.06. The van der Waals surface area contributed by atoms with E-state index in [9.17, 15) is 4.79 Å². The monoisotopic (exact) mass is 238 g/mol. The summed E-state index contributed by atoms with van der Waals surface area (Å²) in [7, 11) is 0. The number of aromatic nitrogens is 1. The molecule has 3 nitrogen and oxygen atoms in total. The molecule has 2 aromatic rings. The second kappa shape index (κ2) is 4.50. The minimum absolute atomic E-state index is 0.170. The highest BCUT2D eigenvalue weighted by atomic mass is 16.1. The summed E-state index contributed by atoms with van der Waals surface area (Å²) in [5, 5.41) is 9.11. The zero-order chi connectivity index (χ0) is 13.3. The van der Waals surface area contributed by atoms with Crippen LogP contribution in [0.15, 0.2) is 29.2 Å². The van der Waals surface area contributed by atoms with Crippen molar-refractivity contribution in [1.82, 2.24) is 4.98 Å². The Morgan fingerprint density at radius 3 is 2.39 bits per heavy atom. The number of H-pyrrole nitrogens is 1. The zero-order valence-corrected chi connectivity index (χ0v) is 10.7. The van der Waals surface area contributed by atoms with Gasteiger partial charge in [-0.15, -0.1) is 0 Å². The third kappa shape index (κ3) is 1.93. The van der Waals surface area contributed by atoms with Gasteiger partial charge in [0.15, 0.2) is 0 Å². The molecule has 1 aromatic carbocycles. The SMILES string of the molecule is Cc1cc(C)c(-c2cc[nH]c(=O)c2C#N)cc1C. The third-order valence-electron chi connectivity index (χ3n) is 3.20. The van der Waals surface area contributed by atoms with E-state index in [2.05, 4.69) is 18.0 Å². The van der Waals surface area contributed by atoms with E-state index in [4.69, 9.17) is 5.26 Å². The quantitative estimate of drug-likeness (QED) is 0.830. The standard InChI is InChI=1S/C15H14N2O/c1-9-6-11(3)13(7-10(9)2)12-4-5-17-15(18)14(12)8-16/h4-7H,1-3H3,(H,17,18). The van der Waals surface area contributed by atoms with Crippen molar-refractivity contribution in [3.8, 4) is 17.2 Å². The Bertz CT molecular complexity index is 705. The Balaban J connectivity index is 2.79. The summed E-state index contributed by atoms with van der Waals surface area (Å²) in [6, 6.07) is 7.86. The minimum atomic E-state index is -0.340. The second-order valence-corrected chi connectivity index (χ2v) is 4.46. The van der Waals surface area contributed by atoms with Crippen LogP contribution in [0.3, 0.4) is 0 Å². The van der Waals surface area contributed by atoms with E-state index >= 15 is 0 Å². The number of nitrogens with zero attached hydrogens (tertiary/aromatic N) is 1. The number of pyridine rings is 1. The van der Waals surface area contributed by atoms with Crippen molar-refractivity contribution < 1.29 is 0 Å². The van der Waals surface area contributed by atoms with Crippen molar-refractivity contribution in [2.75, 3.05) is 0 Å². The summed E-state index contributed by atoms with van der Waals surface area (Å²) >= 11 is 0. The molecule has 3 heteroatoms. The molecule has 0 spiro atoms. The van der Waals surface area contributed by atoms with Gasteiger partial charge in [0.05, 0.1) is 0 Å². The number of benzene rings is 1. The summed E-state index contributed by atoms with van der Waals surface area (Å²) in [5.74, 6) is 0. The highest BCUT2D eigenvalue weighted by molar-refractivity contribution is 5.73. The molecule has 2 rings (SSSR count). The summed E-state index contributed by atoms with van der Waals surface area (Å²) in [5.41, 5.74) is 4.90. The molecular weight excluding hydrogens is 224 g/mol. The van der Waals surface area contributed by atoms with Crippen LogP contribution in [0.4, 0.5) is 0 Å². The number of aryl methyl sites for hydroxylation is 3. The molecule has 90 valence electrons. The topological polar surface area (TPSA) is 56.6 Å². The number of hydrogen-bond donors (Lipinski definition) is 1.